The zero-order valence-corrected chi connectivity index (χ0v) is 20.5. The minimum absolute atomic E-state index is 0.0165. The first-order chi connectivity index (χ1) is 15.4. The number of carboxylic acid groups (broad SMARTS) is 1. The molecule has 178 valence electrons. The van der Waals surface area contributed by atoms with Gasteiger partial charge < -0.3 is 15.3 Å². The molecule has 1 saturated carbocycles. The van der Waals surface area contributed by atoms with Crippen molar-refractivity contribution in [1.29, 1.82) is 0 Å². The molecule has 0 saturated heterocycles. The Morgan fingerprint density at radius 3 is 2.27 bits per heavy atom. The molecule has 2 N–H and O–H groups in total. The number of hydrogen-bond donors (Lipinski definition) is 2. The Bertz CT molecular complexity index is 1060. The fraction of sp³-hybridized carbons (Fsp3) is 0.480. The molecule has 0 bridgehead atoms. The van der Waals surface area contributed by atoms with E-state index >= 15 is 0 Å². The zero-order valence-electron chi connectivity index (χ0n) is 19.8. The lowest BCUT2D eigenvalue weighted by molar-refractivity contribution is -0.135. The van der Waals surface area contributed by atoms with Gasteiger partial charge >= 0.3 is 6.09 Å². The molecule has 0 aromatic heterocycles. The number of nitrogens with zero attached hydrogens (tertiary/aromatic N) is 2. The number of carbonyl (C=O) groups excluding carboxylic acids is 2. The SMILES string of the molecule is CN(C)C(=O)[C@H]1CC[C@H](NC(=O)c2ccc3cc(Cl)ccc3c2)[C@H](N(C(=O)O)C(C)(C)C)C1. The van der Waals surface area contributed by atoms with Crippen molar-refractivity contribution in [2.45, 2.75) is 57.7 Å². The number of amides is 3. The number of hydrogen-bond acceptors (Lipinski definition) is 3. The summed E-state index contributed by atoms with van der Waals surface area (Å²) in [6, 6.07) is 9.94. The van der Waals surface area contributed by atoms with Crippen molar-refractivity contribution < 1.29 is 19.5 Å². The van der Waals surface area contributed by atoms with Crippen LogP contribution in [0.4, 0.5) is 4.79 Å². The third kappa shape index (κ3) is 5.58. The van der Waals surface area contributed by atoms with Gasteiger partial charge in [0, 0.05) is 42.2 Å². The molecule has 0 unspecified atom stereocenters. The van der Waals surface area contributed by atoms with Gasteiger partial charge in [0.25, 0.3) is 5.91 Å². The molecule has 2 aromatic rings. The van der Waals surface area contributed by atoms with E-state index in [9.17, 15) is 19.5 Å². The molecule has 0 radical (unpaired) electrons. The fourth-order valence-electron chi connectivity index (χ4n) is 4.73. The third-order valence-corrected chi connectivity index (χ3v) is 6.48. The highest BCUT2D eigenvalue weighted by molar-refractivity contribution is 6.31. The predicted octanol–water partition coefficient (Wildman–Crippen LogP) is 4.63. The maximum atomic E-state index is 13.2. The third-order valence-electron chi connectivity index (χ3n) is 6.25. The Morgan fingerprint density at radius 2 is 1.67 bits per heavy atom. The van der Waals surface area contributed by atoms with E-state index < -0.39 is 23.7 Å². The standard InChI is InChI=1S/C25H32ClN3O4/c1-25(2,3)29(24(32)33)21-14-18(23(31)28(4)5)9-11-20(21)27-22(30)17-7-6-16-13-19(26)10-8-15(16)12-17/h6-8,10,12-13,18,20-21H,9,11,14H2,1-5H3,(H,27,30)(H,32,33)/t18-,20-,21+/m0/s1. The van der Waals surface area contributed by atoms with Gasteiger partial charge in [0.1, 0.15) is 0 Å². The van der Waals surface area contributed by atoms with Crippen LogP contribution in [0.1, 0.15) is 50.4 Å². The molecule has 0 heterocycles. The molecule has 0 aliphatic heterocycles. The van der Waals surface area contributed by atoms with Gasteiger partial charge in [-0.2, -0.15) is 0 Å². The maximum absolute atomic E-state index is 13.2. The molecule has 1 fully saturated rings. The fourth-order valence-corrected chi connectivity index (χ4v) is 4.91. The van der Waals surface area contributed by atoms with Gasteiger partial charge in [0.2, 0.25) is 5.91 Å². The van der Waals surface area contributed by atoms with Crippen molar-refractivity contribution in [1.82, 2.24) is 15.1 Å². The minimum atomic E-state index is -1.06. The van der Waals surface area contributed by atoms with Crippen LogP contribution in [-0.4, -0.2) is 64.5 Å². The average Bonchev–Trinajstić information content (AvgIpc) is 2.72. The molecule has 8 heteroatoms. The summed E-state index contributed by atoms with van der Waals surface area (Å²) in [4.78, 5) is 41.0. The van der Waals surface area contributed by atoms with Crippen molar-refractivity contribution >= 4 is 40.3 Å². The van der Waals surface area contributed by atoms with Crippen molar-refractivity contribution in [3.05, 3.63) is 47.0 Å². The van der Waals surface area contributed by atoms with E-state index in [0.29, 0.717) is 29.8 Å². The Hall–Kier alpha value is -2.80. The van der Waals surface area contributed by atoms with E-state index in [0.717, 1.165) is 10.8 Å². The van der Waals surface area contributed by atoms with Crippen molar-refractivity contribution in [2.75, 3.05) is 14.1 Å². The van der Waals surface area contributed by atoms with Crippen LogP contribution in [0.25, 0.3) is 10.8 Å². The Morgan fingerprint density at radius 1 is 1.03 bits per heavy atom. The van der Waals surface area contributed by atoms with Crippen LogP contribution in [0.2, 0.25) is 5.02 Å². The number of fused-ring (bicyclic) bond motifs is 1. The largest absolute Gasteiger partial charge is 0.465 e. The van der Waals surface area contributed by atoms with Crippen molar-refractivity contribution in [2.24, 2.45) is 5.92 Å². The van der Waals surface area contributed by atoms with Gasteiger partial charge in [-0.05, 0) is 75.1 Å². The molecule has 7 nitrogen and oxygen atoms in total. The second kappa shape index (κ2) is 9.59. The summed E-state index contributed by atoms with van der Waals surface area (Å²) in [6.45, 7) is 5.48. The molecule has 2 aromatic carbocycles. The predicted molar refractivity (Wildman–Crippen MR) is 130 cm³/mol. The molecular weight excluding hydrogens is 442 g/mol. The summed E-state index contributed by atoms with van der Waals surface area (Å²) in [5.41, 5.74) is -0.196. The van der Waals surface area contributed by atoms with E-state index in [4.69, 9.17) is 11.6 Å². The highest BCUT2D eigenvalue weighted by Gasteiger charge is 2.43. The van der Waals surface area contributed by atoms with Crippen molar-refractivity contribution in [3.63, 3.8) is 0 Å². The molecular formula is C25H32ClN3O4. The second-order valence-electron chi connectivity index (χ2n) is 9.92. The molecule has 33 heavy (non-hydrogen) atoms. The molecule has 3 amide bonds. The quantitative estimate of drug-likeness (QED) is 0.677. The second-order valence-corrected chi connectivity index (χ2v) is 10.4. The smallest absolute Gasteiger partial charge is 0.408 e. The lowest BCUT2D eigenvalue weighted by Gasteiger charge is -2.47. The highest BCUT2D eigenvalue weighted by atomic mass is 35.5. The van der Waals surface area contributed by atoms with Crippen LogP contribution in [-0.2, 0) is 4.79 Å². The summed E-state index contributed by atoms with van der Waals surface area (Å²) in [7, 11) is 3.41. The summed E-state index contributed by atoms with van der Waals surface area (Å²) in [6.07, 6.45) is 0.407. The summed E-state index contributed by atoms with van der Waals surface area (Å²) in [5, 5.41) is 15.5. The van der Waals surface area contributed by atoms with Gasteiger partial charge in [0.15, 0.2) is 0 Å². The monoisotopic (exact) mass is 473 g/mol. The Balaban J connectivity index is 1.88. The normalized spacial score (nSPS) is 20.8. The first kappa shape index (κ1) is 24.8. The molecule has 1 aliphatic rings. The molecule has 3 rings (SSSR count). The van der Waals surface area contributed by atoms with Gasteiger partial charge in [0.05, 0.1) is 6.04 Å². The summed E-state index contributed by atoms with van der Waals surface area (Å²) in [5.74, 6) is -0.566. The van der Waals surface area contributed by atoms with Crippen LogP contribution in [0, 0.1) is 5.92 Å². The topological polar surface area (TPSA) is 90.0 Å². The lowest BCUT2D eigenvalue weighted by atomic mass is 9.79. The number of nitrogens with one attached hydrogen (secondary N) is 1. The minimum Gasteiger partial charge on any atom is -0.465 e. The number of carbonyl (C=O) groups is 3. The first-order valence-electron chi connectivity index (χ1n) is 11.1. The van der Waals surface area contributed by atoms with Crippen LogP contribution in [0.5, 0.6) is 0 Å². The van der Waals surface area contributed by atoms with Gasteiger partial charge in [-0.1, -0.05) is 23.7 Å². The number of halogens is 1. The first-order valence-corrected chi connectivity index (χ1v) is 11.5. The van der Waals surface area contributed by atoms with Crippen LogP contribution in [0.15, 0.2) is 36.4 Å². The molecule has 3 atom stereocenters. The number of rotatable bonds is 4. The van der Waals surface area contributed by atoms with E-state index in [1.807, 2.05) is 39.0 Å². The summed E-state index contributed by atoms with van der Waals surface area (Å²) >= 11 is 6.05. The van der Waals surface area contributed by atoms with Gasteiger partial charge in [-0.15, -0.1) is 0 Å². The summed E-state index contributed by atoms with van der Waals surface area (Å²) < 4.78 is 0. The lowest BCUT2D eigenvalue weighted by Crippen LogP contribution is -2.61. The maximum Gasteiger partial charge on any atom is 0.408 e. The zero-order chi connectivity index (χ0) is 24.5. The Kier molecular flexibility index (Phi) is 7.22. The average molecular weight is 474 g/mol. The Labute approximate surface area is 199 Å². The van der Waals surface area contributed by atoms with E-state index in [2.05, 4.69) is 5.32 Å². The van der Waals surface area contributed by atoms with Crippen LogP contribution < -0.4 is 5.32 Å². The molecule has 0 spiro atoms. The van der Waals surface area contributed by atoms with Gasteiger partial charge in [-0.3, -0.25) is 14.5 Å². The van der Waals surface area contributed by atoms with E-state index in [1.165, 1.54) is 4.90 Å². The van der Waals surface area contributed by atoms with Crippen LogP contribution in [0.3, 0.4) is 0 Å². The number of benzene rings is 2. The van der Waals surface area contributed by atoms with E-state index in [-0.39, 0.29) is 17.7 Å². The van der Waals surface area contributed by atoms with E-state index in [1.54, 1.807) is 37.2 Å². The van der Waals surface area contributed by atoms with Crippen LogP contribution >= 0.6 is 11.6 Å². The highest BCUT2D eigenvalue weighted by Crippen LogP contribution is 2.33. The van der Waals surface area contributed by atoms with Gasteiger partial charge in [-0.25, -0.2) is 4.79 Å². The molecule has 1 aliphatic carbocycles. The van der Waals surface area contributed by atoms with Crippen molar-refractivity contribution in [3.8, 4) is 0 Å².